The lowest BCUT2D eigenvalue weighted by Gasteiger charge is -2.34. The summed E-state index contributed by atoms with van der Waals surface area (Å²) in [6.45, 7) is 1.51. The van der Waals surface area contributed by atoms with Gasteiger partial charge in [-0.05, 0) is 44.1 Å². The minimum Gasteiger partial charge on any atom is -0.497 e. The number of aromatic nitrogens is 1. The van der Waals surface area contributed by atoms with Crippen LogP contribution in [0.1, 0.15) is 12.8 Å². The van der Waals surface area contributed by atoms with Crippen molar-refractivity contribution in [2.24, 2.45) is 0 Å². The van der Waals surface area contributed by atoms with Gasteiger partial charge in [0, 0.05) is 18.1 Å². The SMILES string of the molecule is COc1ccc(OC)c(-c2csc(NC(=O)C3(OC)CCNCC3)n2)c1.Cl. The Morgan fingerprint density at radius 3 is 2.59 bits per heavy atom. The van der Waals surface area contributed by atoms with Crippen LogP contribution >= 0.6 is 23.7 Å². The molecule has 1 aromatic carbocycles. The van der Waals surface area contributed by atoms with Gasteiger partial charge in [0.25, 0.3) is 5.91 Å². The average Bonchev–Trinajstić information content (AvgIpc) is 3.16. The Bertz CT molecular complexity index is 778. The second-order valence-electron chi connectivity index (χ2n) is 6.01. The van der Waals surface area contributed by atoms with Crippen LogP contribution in [0.15, 0.2) is 23.6 Å². The van der Waals surface area contributed by atoms with Gasteiger partial charge in [-0.1, -0.05) is 0 Å². The molecule has 1 aliphatic rings. The lowest BCUT2D eigenvalue weighted by Crippen LogP contribution is -2.51. The molecule has 1 amide bonds. The van der Waals surface area contributed by atoms with Gasteiger partial charge in [-0.3, -0.25) is 10.1 Å². The summed E-state index contributed by atoms with van der Waals surface area (Å²) in [5.41, 5.74) is 0.731. The first-order valence-corrected chi connectivity index (χ1v) is 9.25. The normalized spacial score (nSPS) is 15.5. The van der Waals surface area contributed by atoms with Gasteiger partial charge in [0.1, 0.15) is 17.1 Å². The molecule has 148 valence electrons. The number of amides is 1. The van der Waals surface area contributed by atoms with Crippen LogP contribution in [0.2, 0.25) is 0 Å². The first-order chi connectivity index (χ1) is 12.6. The fourth-order valence-electron chi connectivity index (χ4n) is 3.03. The van der Waals surface area contributed by atoms with E-state index in [0.29, 0.717) is 29.5 Å². The molecular weight excluding hydrogens is 390 g/mol. The van der Waals surface area contributed by atoms with Crippen LogP contribution in [-0.2, 0) is 9.53 Å². The number of hydrogen-bond acceptors (Lipinski definition) is 7. The summed E-state index contributed by atoms with van der Waals surface area (Å²) in [6.07, 6.45) is 1.27. The zero-order chi connectivity index (χ0) is 18.6. The number of anilines is 1. The molecule has 2 N–H and O–H groups in total. The summed E-state index contributed by atoms with van der Waals surface area (Å²) in [7, 11) is 4.81. The standard InChI is InChI=1S/C18H23N3O4S.ClH/c1-23-12-4-5-15(24-2)13(10-12)14-11-26-17(20-14)21-16(22)18(25-3)6-8-19-9-7-18;/h4-5,10-11,19H,6-9H2,1-3H3,(H,20,21,22);1H. The van der Waals surface area contributed by atoms with Crippen molar-refractivity contribution in [2.75, 3.05) is 39.7 Å². The van der Waals surface area contributed by atoms with Crippen molar-refractivity contribution in [3.63, 3.8) is 0 Å². The van der Waals surface area contributed by atoms with Crippen LogP contribution in [0.5, 0.6) is 11.5 Å². The van der Waals surface area contributed by atoms with Crippen LogP contribution in [0.4, 0.5) is 5.13 Å². The highest BCUT2D eigenvalue weighted by atomic mass is 35.5. The number of methoxy groups -OCH3 is 3. The third kappa shape index (κ3) is 4.52. The minimum absolute atomic E-state index is 0. The Morgan fingerprint density at radius 1 is 1.22 bits per heavy atom. The lowest BCUT2D eigenvalue weighted by atomic mass is 9.91. The second-order valence-corrected chi connectivity index (χ2v) is 6.86. The number of nitrogens with one attached hydrogen (secondary N) is 2. The van der Waals surface area contributed by atoms with Gasteiger partial charge in [0.05, 0.1) is 19.9 Å². The Hall–Kier alpha value is -1.87. The van der Waals surface area contributed by atoms with E-state index in [1.165, 1.54) is 11.3 Å². The molecule has 0 saturated carbocycles. The van der Waals surface area contributed by atoms with E-state index >= 15 is 0 Å². The first-order valence-electron chi connectivity index (χ1n) is 8.37. The molecule has 0 aliphatic carbocycles. The quantitative estimate of drug-likeness (QED) is 0.757. The molecular formula is C18H24ClN3O4S. The zero-order valence-corrected chi connectivity index (χ0v) is 17.2. The number of carbonyl (C=O) groups is 1. The Labute approximate surface area is 168 Å². The van der Waals surface area contributed by atoms with Crippen molar-refractivity contribution < 1.29 is 19.0 Å². The molecule has 1 saturated heterocycles. The molecule has 0 spiro atoms. The maximum atomic E-state index is 12.7. The van der Waals surface area contributed by atoms with Gasteiger partial charge < -0.3 is 19.5 Å². The van der Waals surface area contributed by atoms with Gasteiger partial charge >= 0.3 is 0 Å². The first kappa shape index (κ1) is 21.4. The molecule has 2 aromatic rings. The van der Waals surface area contributed by atoms with Gasteiger partial charge in [-0.2, -0.15) is 0 Å². The van der Waals surface area contributed by atoms with E-state index in [2.05, 4.69) is 15.6 Å². The van der Waals surface area contributed by atoms with E-state index in [4.69, 9.17) is 14.2 Å². The van der Waals surface area contributed by atoms with Crippen LogP contribution in [0, 0.1) is 0 Å². The topological polar surface area (TPSA) is 81.7 Å². The highest BCUT2D eigenvalue weighted by molar-refractivity contribution is 7.14. The second kappa shape index (κ2) is 9.36. The third-order valence-electron chi connectivity index (χ3n) is 4.62. The summed E-state index contributed by atoms with van der Waals surface area (Å²) in [5.74, 6) is 1.26. The summed E-state index contributed by atoms with van der Waals surface area (Å²) in [6, 6.07) is 5.53. The van der Waals surface area contributed by atoms with Gasteiger partial charge in [-0.25, -0.2) is 4.98 Å². The van der Waals surface area contributed by atoms with E-state index in [-0.39, 0.29) is 18.3 Å². The smallest absolute Gasteiger partial charge is 0.258 e. The highest BCUT2D eigenvalue weighted by Crippen LogP contribution is 2.35. The van der Waals surface area contributed by atoms with Crippen LogP contribution in [-0.4, -0.2) is 50.9 Å². The summed E-state index contributed by atoms with van der Waals surface area (Å²) >= 11 is 1.37. The molecule has 1 fully saturated rings. The predicted molar refractivity (Wildman–Crippen MR) is 108 cm³/mol. The maximum Gasteiger partial charge on any atom is 0.258 e. The lowest BCUT2D eigenvalue weighted by molar-refractivity contribution is -0.140. The molecule has 27 heavy (non-hydrogen) atoms. The maximum absolute atomic E-state index is 12.7. The number of rotatable bonds is 6. The monoisotopic (exact) mass is 413 g/mol. The van der Waals surface area contributed by atoms with E-state index in [1.54, 1.807) is 21.3 Å². The van der Waals surface area contributed by atoms with Crippen molar-refractivity contribution in [1.82, 2.24) is 10.3 Å². The molecule has 1 aromatic heterocycles. The predicted octanol–water partition coefficient (Wildman–Crippen LogP) is 2.96. The summed E-state index contributed by atoms with van der Waals surface area (Å²) in [4.78, 5) is 17.3. The highest BCUT2D eigenvalue weighted by Gasteiger charge is 2.40. The number of carbonyl (C=O) groups excluding carboxylic acids is 1. The summed E-state index contributed by atoms with van der Waals surface area (Å²) < 4.78 is 16.3. The van der Waals surface area contributed by atoms with Crippen LogP contribution in [0.3, 0.4) is 0 Å². The molecule has 2 heterocycles. The molecule has 7 nitrogen and oxygen atoms in total. The number of benzene rings is 1. The van der Waals surface area contributed by atoms with Crippen molar-refractivity contribution in [1.29, 1.82) is 0 Å². The Balaban J connectivity index is 0.00000261. The summed E-state index contributed by atoms with van der Waals surface area (Å²) in [5, 5.41) is 8.56. The van der Waals surface area contributed by atoms with Crippen molar-refractivity contribution in [2.45, 2.75) is 18.4 Å². The number of hydrogen-bond donors (Lipinski definition) is 2. The number of piperidine rings is 1. The average molecular weight is 414 g/mol. The van der Waals surface area contributed by atoms with E-state index in [1.807, 2.05) is 23.6 Å². The minimum atomic E-state index is -0.801. The Morgan fingerprint density at radius 2 is 1.96 bits per heavy atom. The fourth-order valence-corrected chi connectivity index (χ4v) is 3.74. The molecule has 0 bridgehead atoms. The van der Waals surface area contributed by atoms with Crippen molar-refractivity contribution in [3.8, 4) is 22.8 Å². The van der Waals surface area contributed by atoms with Crippen LogP contribution < -0.4 is 20.1 Å². The fraction of sp³-hybridized carbons (Fsp3) is 0.444. The van der Waals surface area contributed by atoms with E-state index in [0.717, 1.165) is 24.3 Å². The van der Waals surface area contributed by atoms with Crippen molar-refractivity contribution in [3.05, 3.63) is 23.6 Å². The number of nitrogens with zero attached hydrogens (tertiary/aromatic N) is 1. The number of ether oxygens (including phenoxy) is 3. The van der Waals surface area contributed by atoms with Crippen molar-refractivity contribution >= 4 is 34.8 Å². The zero-order valence-electron chi connectivity index (χ0n) is 15.5. The number of halogens is 1. The van der Waals surface area contributed by atoms with Crippen LogP contribution in [0.25, 0.3) is 11.3 Å². The van der Waals surface area contributed by atoms with Gasteiger partial charge in [0.2, 0.25) is 0 Å². The molecule has 9 heteroatoms. The molecule has 0 atom stereocenters. The molecule has 0 radical (unpaired) electrons. The third-order valence-corrected chi connectivity index (χ3v) is 5.38. The number of thiazole rings is 1. The Kier molecular flexibility index (Phi) is 7.43. The van der Waals surface area contributed by atoms with E-state index < -0.39 is 5.60 Å². The molecule has 1 aliphatic heterocycles. The molecule has 3 rings (SSSR count). The largest absolute Gasteiger partial charge is 0.497 e. The molecule has 0 unspecified atom stereocenters. The van der Waals surface area contributed by atoms with E-state index in [9.17, 15) is 4.79 Å². The van der Waals surface area contributed by atoms with Gasteiger partial charge in [0.15, 0.2) is 5.13 Å². The van der Waals surface area contributed by atoms with Gasteiger partial charge in [-0.15, -0.1) is 23.7 Å².